The van der Waals surface area contributed by atoms with Crippen LogP contribution in [0.15, 0.2) is 18.2 Å². The summed E-state index contributed by atoms with van der Waals surface area (Å²) in [6.45, 7) is 0. The predicted molar refractivity (Wildman–Crippen MR) is 78.3 cm³/mol. The number of benzene rings is 1. The number of carbonyl (C=O) groups excluding carboxylic acids is 1. The molecule has 1 fully saturated rings. The van der Waals surface area contributed by atoms with Gasteiger partial charge in [-0.25, -0.2) is 0 Å². The van der Waals surface area contributed by atoms with Gasteiger partial charge in [-0.15, -0.1) is 0 Å². The topological polar surface area (TPSA) is 83.7 Å². The molecule has 0 unspecified atom stereocenters. The quantitative estimate of drug-likeness (QED) is 0.527. The van der Waals surface area contributed by atoms with E-state index in [9.17, 15) is 20.0 Å². The number of nitro groups is 1. The van der Waals surface area contributed by atoms with Crippen molar-refractivity contribution in [2.75, 3.05) is 7.05 Å². The van der Waals surface area contributed by atoms with Gasteiger partial charge in [0.05, 0.1) is 10.5 Å². The van der Waals surface area contributed by atoms with Crippen molar-refractivity contribution in [3.63, 3.8) is 0 Å². The number of para-hydroxylation sites is 1. The SMILES string of the molecule is CN(C(=O)c1cccc([N+](=O)[O-])c1O)C1CCCCCC1. The van der Waals surface area contributed by atoms with Gasteiger partial charge >= 0.3 is 5.69 Å². The summed E-state index contributed by atoms with van der Waals surface area (Å²) in [5.41, 5.74) is -0.439. The smallest absolute Gasteiger partial charge is 0.311 e. The van der Waals surface area contributed by atoms with E-state index in [-0.39, 0.29) is 17.5 Å². The van der Waals surface area contributed by atoms with E-state index in [1.54, 1.807) is 11.9 Å². The Hall–Kier alpha value is -2.11. The summed E-state index contributed by atoms with van der Waals surface area (Å²) in [5, 5.41) is 20.8. The van der Waals surface area contributed by atoms with Crippen LogP contribution in [0.5, 0.6) is 5.75 Å². The zero-order chi connectivity index (χ0) is 15.4. The van der Waals surface area contributed by atoms with Crippen LogP contribution in [0.2, 0.25) is 0 Å². The van der Waals surface area contributed by atoms with Crippen LogP contribution in [0, 0.1) is 10.1 Å². The Morgan fingerprint density at radius 2 is 1.90 bits per heavy atom. The zero-order valence-electron chi connectivity index (χ0n) is 12.1. The molecule has 2 rings (SSSR count). The fourth-order valence-electron chi connectivity index (χ4n) is 2.85. The predicted octanol–water partition coefficient (Wildman–Crippen LogP) is 3.10. The van der Waals surface area contributed by atoms with Gasteiger partial charge in [-0.05, 0) is 18.9 Å². The Labute approximate surface area is 123 Å². The maximum atomic E-state index is 12.5. The number of phenolic OH excluding ortho intramolecular Hbond substituents is 1. The lowest BCUT2D eigenvalue weighted by Gasteiger charge is -2.27. The third-order valence-corrected chi connectivity index (χ3v) is 4.13. The van der Waals surface area contributed by atoms with Gasteiger partial charge < -0.3 is 10.0 Å². The number of amides is 1. The van der Waals surface area contributed by atoms with Crippen molar-refractivity contribution in [1.29, 1.82) is 0 Å². The molecular weight excluding hydrogens is 272 g/mol. The number of nitro benzene ring substituents is 1. The van der Waals surface area contributed by atoms with Gasteiger partial charge in [0, 0.05) is 19.2 Å². The van der Waals surface area contributed by atoms with E-state index < -0.39 is 16.4 Å². The Morgan fingerprint density at radius 3 is 2.48 bits per heavy atom. The summed E-state index contributed by atoms with van der Waals surface area (Å²) >= 11 is 0. The second-order valence-corrected chi connectivity index (χ2v) is 5.49. The third kappa shape index (κ3) is 3.32. The highest BCUT2D eigenvalue weighted by Gasteiger charge is 2.27. The van der Waals surface area contributed by atoms with Crippen LogP contribution in [0.25, 0.3) is 0 Å². The van der Waals surface area contributed by atoms with Gasteiger partial charge in [0.1, 0.15) is 0 Å². The molecular formula is C15H20N2O4. The van der Waals surface area contributed by atoms with Gasteiger partial charge in [-0.1, -0.05) is 31.7 Å². The summed E-state index contributed by atoms with van der Waals surface area (Å²) in [6, 6.07) is 4.18. The summed E-state index contributed by atoms with van der Waals surface area (Å²) < 4.78 is 0. The minimum absolute atomic E-state index is 0.00375. The van der Waals surface area contributed by atoms with E-state index in [0.29, 0.717) is 0 Å². The largest absolute Gasteiger partial charge is 0.502 e. The molecule has 21 heavy (non-hydrogen) atoms. The van der Waals surface area contributed by atoms with Crippen LogP contribution in [-0.2, 0) is 0 Å². The molecule has 0 spiro atoms. The van der Waals surface area contributed by atoms with Crippen LogP contribution < -0.4 is 0 Å². The normalized spacial score (nSPS) is 16.2. The molecule has 0 bridgehead atoms. The van der Waals surface area contributed by atoms with Crippen molar-refractivity contribution in [2.24, 2.45) is 0 Å². The first-order chi connectivity index (χ1) is 10.0. The first-order valence-electron chi connectivity index (χ1n) is 7.26. The minimum Gasteiger partial charge on any atom is -0.502 e. The van der Waals surface area contributed by atoms with Crippen molar-refractivity contribution in [3.05, 3.63) is 33.9 Å². The number of rotatable bonds is 3. The molecule has 1 aliphatic carbocycles. The van der Waals surface area contributed by atoms with Crippen LogP contribution in [0.3, 0.4) is 0 Å². The van der Waals surface area contributed by atoms with Gasteiger partial charge in [0.2, 0.25) is 5.75 Å². The summed E-state index contributed by atoms with van der Waals surface area (Å²) in [6.07, 6.45) is 6.42. The molecule has 0 radical (unpaired) electrons. The average Bonchev–Trinajstić information content (AvgIpc) is 2.74. The van der Waals surface area contributed by atoms with Crippen LogP contribution in [0.4, 0.5) is 5.69 Å². The second kappa shape index (κ2) is 6.56. The number of aromatic hydroxyl groups is 1. The maximum absolute atomic E-state index is 12.5. The van der Waals surface area contributed by atoms with Gasteiger partial charge in [0.15, 0.2) is 0 Å². The van der Waals surface area contributed by atoms with Crippen molar-refractivity contribution >= 4 is 11.6 Å². The molecule has 6 heteroatoms. The number of hydrogen-bond acceptors (Lipinski definition) is 4. The first kappa shape index (κ1) is 15.3. The number of nitrogens with zero attached hydrogens (tertiary/aromatic N) is 2. The summed E-state index contributed by atoms with van der Waals surface area (Å²) in [4.78, 5) is 24.3. The van der Waals surface area contributed by atoms with E-state index in [1.165, 1.54) is 31.0 Å². The Balaban J connectivity index is 2.22. The van der Waals surface area contributed by atoms with Crippen LogP contribution in [0.1, 0.15) is 48.9 Å². The Morgan fingerprint density at radius 1 is 1.29 bits per heavy atom. The van der Waals surface area contributed by atoms with Crippen molar-refractivity contribution in [3.8, 4) is 5.75 Å². The molecule has 0 aromatic heterocycles. The van der Waals surface area contributed by atoms with E-state index in [0.717, 1.165) is 25.7 Å². The fraction of sp³-hybridized carbons (Fsp3) is 0.533. The molecule has 0 saturated heterocycles. The van der Waals surface area contributed by atoms with Crippen molar-refractivity contribution in [2.45, 2.75) is 44.6 Å². The van der Waals surface area contributed by atoms with E-state index in [1.807, 2.05) is 0 Å². The molecule has 0 aliphatic heterocycles. The molecule has 1 aromatic rings. The third-order valence-electron chi connectivity index (χ3n) is 4.13. The van der Waals surface area contributed by atoms with Crippen molar-refractivity contribution < 1.29 is 14.8 Å². The molecule has 0 atom stereocenters. The lowest BCUT2D eigenvalue weighted by Crippen LogP contribution is -2.36. The monoisotopic (exact) mass is 292 g/mol. The fourth-order valence-corrected chi connectivity index (χ4v) is 2.85. The highest BCUT2D eigenvalue weighted by atomic mass is 16.6. The highest BCUT2D eigenvalue weighted by Crippen LogP contribution is 2.31. The second-order valence-electron chi connectivity index (χ2n) is 5.49. The van der Waals surface area contributed by atoms with Gasteiger partial charge in [-0.3, -0.25) is 14.9 Å². The minimum atomic E-state index is -0.683. The summed E-state index contributed by atoms with van der Waals surface area (Å²) in [5.74, 6) is -0.906. The van der Waals surface area contributed by atoms with Crippen molar-refractivity contribution in [1.82, 2.24) is 4.90 Å². The number of hydrogen-bond donors (Lipinski definition) is 1. The van der Waals surface area contributed by atoms with Crippen LogP contribution >= 0.6 is 0 Å². The first-order valence-corrected chi connectivity index (χ1v) is 7.26. The lowest BCUT2D eigenvalue weighted by molar-refractivity contribution is -0.385. The van der Waals surface area contributed by atoms with Crippen LogP contribution in [-0.4, -0.2) is 33.9 Å². The molecule has 1 amide bonds. The molecule has 1 aliphatic rings. The van der Waals surface area contributed by atoms with Gasteiger partial charge in [0.25, 0.3) is 5.91 Å². The standard InChI is InChI=1S/C15H20N2O4/c1-16(11-7-4-2-3-5-8-11)15(19)12-9-6-10-13(14(12)18)17(20)21/h6,9-11,18H,2-5,7-8H2,1H3. The number of phenols is 1. The highest BCUT2D eigenvalue weighted by molar-refractivity contribution is 5.98. The zero-order valence-corrected chi connectivity index (χ0v) is 12.1. The maximum Gasteiger partial charge on any atom is 0.311 e. The van der Waals surface area contributed by atoms with Gasteiger partial charge in [-0.2, -0.15) is 0 Å². The molecule has 1 saturated carbocycles. The molecule has 1 aromatic carbocycles. The van der Waals surface area contributed by atoms with E-state index >= 15 is 0 Å². The lowest BCUT2D eigenvalue weighted by atomic mass is 10.1. The molecule has 0 heterocycles. The molecule has 6 nitrogen and oxygen atoms in total. The van der Waals surface area contributed by atoms with E-state index in [2.05, 4.69) is 0 Å². The molecule has 1 N–H and O–H groups in total. The van der Waals surface area contributed by atoms with E-state index in [4.69, 9.17) is 0 Å². The average molecular weight is 292 g/mol. The number of carbonyl (C=O) groups is 1. The Bertz CT molecular complexity index is 536. The summed E-state index contributed by atoms with van der Waals surface area (Å²) in [7, 11) is 1.70. The molecule has 114 valence electrons. The Kier molecular flexibility index (Phi) is 4.77.